The standard InChI is InChI=1S/C28H29N3O3S/c1-19-16-20(2)18-22(17-19)29-26(32)25(21-10-5-4-6-11-21)35-28-30-24-13-8-7-12-23(24)27(33)31(28)14-9-15-34-3/h4-8,10-13,16-18,25H,9,14-15H2,1-3H3,(H,29,32). The number of benzene rings is 3. The van der Waals surface area contributed by atoms with Crippen LogP contribution in [0.2, 0.25) is 0 Å². The highest BCUT2D eigenvalue weighted by atomic mass is 32.2. The van der Waals surface area contributed by atoms with Crippen LogP contribution in [-0.4, -0.2) is 29.2 Å². The van der Waals surface area contributed by atoms with E-state index in [1.165, 1.54) is 11.8 Å². The molecule has 0 aliphatic heterocycles. The summed E-state index contributed by atoms with van der Waals surface area (Å²) in [5, 5.41) is 3.54. The van der Waals surface area contributed by atoms with Gasteiger partial charge in [0.25, 0.3) is 5.56 Å². The molecule has 0 spiro atoms. The van der Waals surface area contributed by atoms with Gasteiger partial charge >= 0.3 is 0 Å². The lowest BCUT2D eigenvalue weighted by Gasteiger charge is -2.20. The van der Waals surface area contributed by atoms with Crippen LogP contribution in [0, 0.1) is 13.8 Å². The summed E-state index contributed by atoms with van der Waals surface area (Å²) in [5.74, 6) is -0.169. The number of ether oxygens (including phenoxy) is 1. The molecule has 1 heterocycles. The highest BCUT2D eigenvalue weighted by Gasteiger charge is 2.25. The summed E-state index contributed by atoms with van der Waals surface area (Å²) < 4.78 is 6.86. The van der Waals surface area contributed by atoms with Crippen LogP contribution in [0.1, 0.15) is 28.4 Å². The van der Waals surface area contributed by atoms with Crippen LogP contribution in [0.25, 0.3) is 10.9 Å². The van der Waals surface area contributed by atoms with Gasteiger partial charge in [-0.15, -0.1) is 0 Å². The van der Waals surface area contributed by atoms with Gasteiger partial charge in [0, 0.05) is 25.9 Å². The molecule has 1 N–H and O–H groups in total. The van der Waals surface area contributed by atoms with Crippen molar-refractivity contribution >= 4 is 34.3 Å². The first-order valence-electron chi connectivity index (χ1n) is 11.6. The quantitative estimate of drug-likeness (QED) is 0.191. The summed E-state index contributed by atoms with van der Waals surface area (Å²) in [6.45, 7) is 4.99. The van der Waals surface area contributed by atoms with Gasteiger partial charge < -0.3 is 10.1 Å². The smallest absolute Gasteiger partial charge is 0.262 e. The van der Waals surface area contributed by atoms with Crippen LogP contribution >= 0.6 is 11.8 Å². The Kier molecular flexibility index (Phi) is 8.00. The molecule has 1 amide bonds. The fourth-order valence-corrected chi connectivity index (χ4v) is 5.19. The lowest BCUT2D eigenvalue weighted by Crippen LogP contribution is -2.26. The zero-order chi connectivity index (χ0) is 24.8. The first kappa shape index (κ1) is 24.7. The van der Waals surface area contributed by atoms with Crippen molar-refractivity contribution in [3.63, 3.8) is 0 Å². The number of aryl methyl sites for hydroxylation is 2. The van der Waals surface area contributed by atoms with E-state index in [1.54, 1.807) is 17.7 Å². The Morgan fingerprint density at radius 1 is 1.03 bits per heavy atom. The number of hydrogen-bond donors (Lipinski definition) is 1. The molecule has 0 saturated heterocycles. The average molecular weight is 488 g/mol. The third kappa shape index (κ3) is 5.99. The first-order valence-corrected chi connectivity index (χ1v) is 12.4. The molecule has 0 aliphatic carbocycles. The molecule has 1 aromatic heterocycles. The number of nitrogens with one attached hydrogen (secondary N) is 1. The van der Waals surface area contributed by atoms with Crippen LogP contribution in [-0.2, 0) is 16.1 Å². The average Bonchev–Trinajstić information content (AvgIpc) is 2.84. The third-order valence-corrected chi connectivity index (χ3v) is 6.85. The highest BCUT2D eigenvalue weighted by molar-refractivity contribution is 8.00. The van der Waals surface area contributed by atoms with Crippen molar-refractivity contribution in [2.45, 2.75) is 37.2 Å². The Bertz CT molecular complexity index is 1370. The molecular weight excluding hydrogens is 458 g/mol. The Morgan fingerprint density at radius 2 is 1.71 bits per heavy atom. The first-order chi connectivity index (χ1) is 17.0. The van der Waals surface area contributed by atoms with Crippen LogP contribution < -0.4 is 10.9 Å². The van der Waals surface area contributed by atoms with E-state index in [0.717, 1.165) is 22.4 Å². The van der Waals surface area contributed by atoms with E-state index in [4.69, 9.17) is 9.72 Å². The van der Waals surface area contributed by atoms with E-state index in [-0.39, 0.29) is 11.5 Å². The monoisotopic (exact) mass is 487 g/mol. The number of para-hydroxylation sites is 1. The number of anilines is 1. The second kappa shape index (κ2) is 11.3. The maximum atomic E-state index is 13.6. The summed E-state index contributed by atoms with van der Waals surface area (Å²) in [6.07, 6.45) is 0.661. The Morgan fingerprint density at radius 3 is 2.43 bits per heavy atom. The molecule has 7 heteroatoms. The number of carbonyl (C=O) groups is 1. The number of carbonyl (C=O) groups excluding carboxylic acids is 1. The van der Waals surface area contributed by atoms with Crippen LogP contribution in [0.4, 0.5) is 5.69 Å². The van der Waals surface area contributed by atoms with E-state index in [9.17, 15) is 9.59 Å². The predicted molar refractivity (Wildman–Crippen MR) is 142 cm³/mol. The predicted octanol–water partition coefficient (Wildman–Crippen LogP) is 5.52. The minimum atomic E-state index is -0.598. The highest BCUT2D eigenvalue weighted by Crippen LogP contribution is 2.35. The van der Waals surface area contributed by atoms with Gasteiger partial charge in [-0.1, -0.05) is 60.3 Å². The molecule has 4 aromatic rings. The van der Waals surface area contributed by atoms with E-state index in [2.05, 4.69) is 11.4 Å². The largest absolute Gasteiger partial charge is 0.385 e. The zero-order valence-electron chi connectivity index (χ0n) is 20.2. The van der Waals surface area contributed by atoms with Crippen LogP contribution in [0.15, 0.2) is 82.7 Å². The number of amides is 1. The van der Waals surface area contributed by atoms with Crippen molar-refractivity contribution in [1.82, 2.24) is 9.55 Å². The molecule has 1 atom stereocenters. The molecule has 0 fully saturated rings. The molecule has 0 saturated carbocycles. The Labute approximate surface area is 209 Å². The number of methoxy groups -OCH3 is 1. The van der Waals surface area contributed by atoms with E-state index in [1.807, 2.05) is 74.5 Å². The second-order valence-corrected chi connectivity index (χ2v) is 9.56. The van der Waals surface area contributed by atoms with Crippen molar-refractivity contribution in [1.29, 1.82) is 0 Å². The minimum Gasteiger partial charge on any atom is -0.385 e. The van der Waals surface area contributed by atoms with Crippen molar-refractivity contribution in [2.75, 3.05) is 19.0 Å². The van der Waals surface area contributed by atoms with Gasteiger partial charge in [-0.2, -0.15) is 0 Å². The number of thioether (sulfide) groups is 1. The van der Waals surface area contributed by atoms with E-state index < -0.39 is 5.25 Å². The van der Waals surface area contributed by atoms with Crippen molar-refractivity contribution in [3.8, 4) is 0 Å². The zero-order valence-corrected chi connectivity index (χ0v) is 21.0. The van der Waals surface area contributed by atoms with Gasteiger partial charge in [0.2, 0.25) is 5.91 Å². The molecule has 35 heavy (non-hydrogen) atoms. The lowest BCUT2D eigenvalue weighted by atomic mass is 10.1. The van der Waals surface area contributed by atoms with E-state index >= 15 is 0 Å². The number of rotatable bonds is 9. The second-order valence-electron chi connectivity index (χ2n) is 8.49. The molecule has 4 rings (SSSR count). The van der Waals surface area contributed by atoms with Gasteiger partial charge in [0.05, 0.1) is 10.9 Å². The van der Waals surface area contributed by atoms with Gasteiger partial charge in [-0.05, 0) is 61.2 Å². The third-order valence-electron chi connectivity index (χ3n) is 5.61. The fourth-order valence-electron chi connectivity index (χ4n) is 4.06. The lowest BCUT2D eigenvalue weighted by molar-refractivity contribution is -0.115. The van der Waals surface area contributed by atoms with Crippen molar-refractivity contribution < 1.29 is 9.53 Å². The van der Waals surface area contributed by atoms with Crippen molar-refractivity contribution in [3.05, 3.63) is 99.8 Å². The molecule has 1 unspecified atom stereocenters. The normalized spacial score (nSPS) is 12.0. The Balaban J connectivity index is 1.75. The topological polar surface area (TPSA) is 73.2 Å². The molecule has 6 nitrogen and oxygen atoms in total. The summed E-state index contributed by atoms with van der Waals surface area (Å²) in [5.41, 5.74) is 4.24. The fraction of sp³-hybridized carbons (Fsp3) is 0.250. The van der Waals surface area contributed by atoms with Gasteiger partial charge in [-0.3, -0.25) is 14.2 Å². The SMILES string of the molecule is COCCCn1c(SC(C(=O)Nc2cc(C)cc(C)c2)c2ccccc2)nc2ccccc2c1=O. The maximum Gasteiger partial charge on any atom is 0.262 e. The molecule has 180 valence electrons. The summed E-state index contributed by atoms with van der Waals surface area (Å²) >= 11 is 1.29. The summed E-state index contributed by atoms with van der Waals surface area (Å²) in [6, 6.07) is 22.9. The van der Waals surface area contributed by atoms with Gasteiger partial charge in [0.15, 0.2) is 5.16 Å². The van der Waals surface area contributed by atoms with Gasteiger partial charge in [0.1, 0.15) is 5.25 Å². The number of fused-ring (bicyclic) bond motifs is 1. The molecule has 0 radical (unpaired) electrons. The van der Waals surface area contributed by atoms with E-state index in [0.29, 0.717) is 35.6 Å². The Hall–Kier alpha value is -3.42. The number of aromatic nitrogens is 2. The summed E-state index contributed by atoms with van der Waals surface area (Å²) in [4.78, 5) is 31.8. The van der Waals surface area contributed by atoms with Crippen LogP contribution in [0.5, 0.6) is 0 Å². The number of hydrogen-bond acceptors (Lipinski definition) is 5. The maximum absolute atomic E-state index is 13.6. The van der Waals surface area contributed by atoms with Crippen LogP contribution in [0.3, 0.4) is 0 Å². The molecule has 0 aliphatic rings. The van der Waals surface area contributed by atoms with Crippen molar-refractivity contribution in [2.24, 2.45) is 0 Å². The summed E-state index contributed by atoms with van der Waals surface area (Å²) in [7, 11) is 1.64. The molecule has 3 aromatic carbocycles. The molecular formula is C28H29N3O3S. The minimum absolute atomic E-state index is 0.115. The number of nitrogens with zero attached hydrogens (tertiary/aromatic N) is 2. The molecule has 0 bridgehead atoms. The van der Waals surface area contributed by atoms with Gasteiger partial charge in [-0.25, -0.2) is 4.98 Å².